The Kier molecular flexibility index (Phi) is 9.18. The highest BCUT2D eigenvalue weighted by Gasteiger charge is 2.41. The van der Waals surface area contributed by atoms with Crippen LogP contribution in [0.1, 0.15) is 42.5 Å². The predicted octanol–water partition coefficient (Wildman–Crippen LogP) is 0.648. The molecule has 1 aromatic rings. The van der Waals surface area contributed by atoms with Crippen LogP contribution in [-0.2, 0) is 14.4 Å². The van der Waals surface area contributed by atoms with Gasteiger partial charge in [-0.2, -0.15) is 0 Å². The fraction of sp³-hybridized carbons (Fsp3) is 0.545. The molecular weight excluding hydrogens is 436 g/mol. The van der Waals surface area contributed by atoms with Crippen LogP contribution in [-0.4, -0.2) is 81.0 Å². The average Bonchev–Trinajstić information content (AvgIpc) is 2.98. The van der Waals surface area contributed by atoms with E-state index >= 15 is 0 Å². The van der Waals surface area contributed by atoms with Crippen LogP contribution in [0.3, 0.4) is 0 Å². The molecule has 0 aromatic heterocycles. The number of likely N-dealkylation sites (tertiary alicyclic amines) is 1. The first-order valence-corrected chi connectivity index (χ1v) is 10.6. The molecule has 33 heavy (non-hydrogen) atoms. The van der Waals surface area contributed by atoms with Gasteiger partial charge in [0.25, 0.3) is 0 Å². The monoisotopic (exact) mass is 466 g/mol. The largest absolute Gasteiger partial charge is 0.494 e. The standard InChI is InChI=1S/C16H22N2O2.C6H8O7/c17-16(19)12-4-6-15(7-5-12)20-9-1-8-18-10-13-2-3-14(13)11-18;7-3(8)1-6(13,5(11)12)2-4(9)10/h4-7,13-14H,1-3,8-11H2,(H2,17,19);13H,1-2H2,(H,7,8)(H,9,10)(H,11,12)/t13-,14+;. The number of carbonyl (C=O) groups is 4. The van der Waals surface area contributed by atoms with Crippen LogP contribution >= 0.6 is 0 Å². The molecule has 1 saturated heterocycles. The summed E-state index contributed by atoms with van der Waals surface area (Å²) < 4.78 is 5.69. The quantitative estimate of drug-likeness (QED) is 0.290. The molecule has 1 amide bonds. The minimum atomic E-state index is -2.74. The summed E-state index contributed by atoms with van der Waals surface area (Å²) in [4.78, 5) is 44.0. The fourth-order valence-corrected chi connectivity index (χ4v) is 3.95. The predicted molar refractivity (Wildman–Crippen MR) is 115 cm³/mol. The Morgan fingerprint density at radius 2 is 1.48 bits per heavy atom. The van der Waals surface area contributed by atoms with E-state index in [9.17, 15) is 19.2 Å². The number of amides is 1. The number of hydrogen-bond donors (Lipinski definition) is 5. The lowest BCUT2D eigenvalue weighted by Gasteiger charge is -2.28. The second kappa shape index (κ2) is 11.6. The van der Waals surface area contributed by atoms with Crippen LogP contribution in [0.5, 0.6) is 5.75 Å². The minimum Gasteiger partial charge on any atom is -0.494 e. The maximum absolute atomic E-state index is 11.0. The van der Waals surface area contributed by atoms with Crippen LogP contribution in [0.4, 0.5) is 0 Å². The number of carboxylic acid groups (broad SMARTS) is 3. The maximum Gasteiger partial charge on any atom is 0.336 e. The summed E-state index contributed by atoms with van der Waals surface area (Å²) >= 11 is 0. The zero-order valence-electron chi connectivity index (χ0n) is 18.2. The first kappa shape index (κ1) is 26.1. The van der Waals surface area contributed by atoms with E-state index in [1.165, 1.54) is 25.9 Å². The average molecular weight is 466 g/mol. The van der Waals surface area contributed by atoms with Gasteiger partial charge in [-0.3, -0.25) is 14.4 Å². The van der Waals surface area contributed by atoms with Crippen molar-refractivity contribution in [1.82, 2.24) is 4.90 Å². The van der Waals surface area contributed by atoms with Gasteiger partial charge in [-0.1, -0.05) is 0 Å². The molecule has 11 nitrogen and oxygen atoms in total. The van der Waals surface area contributed by atoms with E-state index in [1.807, 2.05) is 0 Å². The van der Waals surface area contributed by atoms with Crippen molar-refractivity contribution >= 4 is 23.8 Å². The van der Waals surface area contributed by atoms with Gasteiger partial charge in [0, 0.05) is 25.2 Å². The summed E-state index contributed by atoms with van der Waals surface area (Å²) in [6.07, 6.45) is 1.63. The number of fused-ring (bicyclic) bond motifs is 1. The summed E-state index contributed by atoms with van der Waals surface area (Å²) in [6, 6.07) is 7.01. The van der Waals surface area contributed by atoms with Gasteiger partial charge in [0.1, 0.15) is 5.75 Å². The second-order valence-corrected chi connectivity index (χ2v) is 8.43. The van der Waals surface area contributed by atoms with E-state index in [-0.39, 0.29) is 0 Å². The molecule has 1 aliphatic carbocycles. The van der Waals surface area contributed by atoms with Gasteiger partial charge in [0.05, 0.1) is 19.4 Å². The number of aliphatic carboxylic acids is 3. The Morgan fingerprint density at radius 1 is 0.970 bits per heavy atom. The highest BCUT2D eigenvalue weighted by molar-refractivity contribution is 5.92. The first-order valence-electron chi connectivity index (χ1n) is 10.6. The van der Waals surface area contributed by atoms with Crippen molar-refractivity contribution in [3.8, 4) is 5.75 Å². The molecule has 3 rings (SSSR count). The Balaban J connectivity index is 0.000000260. The van der Waals surface area contributed by atoms with Crippen LogP contribution in [0.2, 0.25) is 0 Å². The Hall–Kier alpha value is -3.18. The topological polar surface area (TPSA) is 188 Å². The van der Waals surface area contributed by atoms with Crippen LogP contribution in [0, 0.1) is 11.8 Å². The van der Waals surface area contributed by atoms with Crippen LogP contribution in [0.15, 0.2) is 24.3 Å². The summed E-state index contributed by atoms with van der Waals surface area (Å²) in [5, 5.41) is 33.8. The number of ether oxygens (including phenoxy) is 1. The smallest absolute Gasteiger partial charge is 0.336 e. The van der Waals surface area contributed by atoms with E-state index in [0.29, 0.717) is 5.56 Å². The molecule has 1 saturated carbocycles. The third-order valence-corrected chi connectivity index (χ3v) is 5.87. The molecule has 1 heterocycles. The lowest BCUT2D eigenvalue weighted by Crippen LogP contribution is -2.42. The number of hydrogen-bond acceptors (Lipinski definition) is 7. The molecular formula is C22H30N2O9. The molecule has 0 spiro atoms. The summed E-state index contributed by atoms with van der Waals surface area (Å²) in [6.45, 7) is 4.43. The van der Waals surface area contributed by atoms with E-state index in [0.717, 1.165) is 37.2 Å². The molecule has 11 heteroatoms. The number of rotatable bonds is 11. The minimum absolute atomic E-state index is 0.403. The van der Waals surface area contributed by atoms with Crippen molar-refractivity contribution in [2.75, 3.05) is 26.2 Å². The van der Waals surface area contributed by atoms with E-state index in [1.54, 1.807) is 24.3 Å². The number of aliphatic hydroxyl groups is 1. The summed E-state index contributed by atoms with van der Waals surface area (Å²) in [5.74, 6) is -2.65. The van der Waals surface area contributed by atoms with E-state index < -0.39 is 42.3 Å². The Bertz CT molecular complexity index is 828. The first-order chi connectivity index (χ1) is 15.5. The van der Waals surface area contributed by atoms with Crippen LogP contribution in [0.25, 0.3) is 0 Å². The normalized spacial score (nSPS) is 19.4. The lowest BCUT2D eigenvalue weighted by atomic mass is 9.77. The molecule has 182 valence electrons. The number of benzene rings is 1. The van der Waals surface area contributed by atoms with Gasteiger partial charge in [0.2, 0.25) is 5.91 Å². The molecule has 2 atom stereocenters. The lowest BCUT2D eigenvalue weighted by molar-refractivity contribution is -0.170. The molecule has 0 radical (unpaired) electrons. The maximum atomic E-state index is 11.0. The van der Waals surface area contributed by atoms with Gasteiger partial charge in [-0.05, 0) is 55.4 Å². The van der Waals surface area contributed by atoms with Gasteiger partial charge >= 0.3 is 17.9 Å². The molecule has 1 aliphatic heterocycles. The van der Waals surface area contributed by atoms with Gasteiger partial charge in [-0.15, -0.1) is 0 Å². The highest BCUT2D eigenvalue weighted by Crippen LogP contribution is 2.40. The third-order valence-electron chi connectivity index (χ3n) is 5.87. The fourth-order valence-electron chi connectivity index (χ4n) is 3.95. The Labute approximate surface area is 190 Å². The van der Waals surface area contributed by atoms with Gasteiger partial charge in [-0.25, -0.2) is 4.79 Å². The van der Waals surface area contributed by atoms with Crippen LogP contribution < -0.4 is 10.5 Å². The zero-order valence-corrected chi connectivity index (χ0v) is 18.2. The highest BCUT2D eigenvalue weighted by atomic mass is 16.5. The molecule has 0 bridgehead atoms. The number of carboxylic acids is 3. The van der Waals surface area contributed by atoms with Crippen molar-refractivity contribution in [3.63, 3.8) is 0 Å². The van der Waals surface area contributed by atoms with Crippen molar-refractivity contribution in [2.45, 2.75) is 37.7 Å². The summed E-state index contributed by atoms with van der Waals surface area (Å²) in [5.41, 5.74) is 2.98. The number of carbonyl (C=O) groups excluding carboxylic acids is 1. The van der Waals surface area contributed by atoms with Crippen molar-refractivity contribution in [2.24, 2.45) is 17.6 Å². The molecule has 0 unspecified atom stereocenters. The number of nitrogens with two attached hydrogens (primary N) is 1. The van der Waals surface area contributed by atoms with Crippen molar-refractivity contribution in [3.05, 3.63) is 29.8 Å². The third kappa shape index (κ3) is 8.03. The molecule has 6 N–H and O–H groups in total. The number of primary amides is 1. The Morgan fingerprint density at radius 3 is 1.88 bits per heavy atom. The summed E-state index contributed by atoms with van der Waals surface area (Å²) in [7, 11) is 0. The van der Waals surface area contributed by atoms with Crippen molar-refractivity contribution < 1.29 is 44.3 Å². The molecule has 2 fully saturated rings. The van der Waals surface area contributed by atoms with E-state index in [4.69, 9.17) is 30.9 Å². The van der Waals surface area contributed by atoms with Gasteiger partial charge < -0.3 is 35.8 Å². The molecule has 2 aliphatic rings. The second-order valence-electron chi connectivity index (χ2n) is 8.43. The zero-order chi connectivity index (χ0) is 24.6. The SMILES string of the molecule is NC(=O)c1ccc(OCCCN2C[C@H]3CC[C@H]3C2)cc1.O=C(O)CC(O)(CC(=O)O)C(=O)O. The van der Waals surface area contributed by atoms with E-state index in [2.05, 4.69) is 4.90 Å². The molecule has 1 aromatic carbocycles. The van der Waals surface area contributed by atoms with Crippen molar-refractivity contribution in [1.29, 1.82) is 0 Å². The van der Waals surface area contributed by atoms with Gasteiger partial charge in [0.15, 0.2) is 5.60 Å². The number of nitrogens with zero attached hydrogens (tertiary/aromatic N) is 1.